The number of azide groups is 1. The Labute approximate surface area is 119 Å². The number of nitrogens with one attached hydrogen (secondary N) is 1. The minimum Gasteiger partial charge on any atom is -0.306 e. The van der Waals surface area contributed by atoms with Crippen LogP contribution in [-0.2, 0) is 4.79 Å². The summed E-state index contributed by atoms with van der Waals surface area (Å²) in [6.07, 6.45) is 0. The topological polar surface area (TPSA) is 195 Å². The smallest absolute Gasteiger partial charge is 0.222 e. The Morgan fingerprint density at radius 2 is 1.59 bits per heavy atom. The van der Waals surface area contributed by atoms with Gasteiger partial charge in [0.05, 0.1) is 0 Å². The molecule has 0 fully saturated rings. The molecule has 14 nitrogen and oxygen atoms in total. The first-order valence-corrected chi connectivity index (χ1v) is 5.51. The van der Waals surface area contributed by atoms with Crippen molar-refractivity contribution in [3.63, 3.8) is 0 Å². The Hall–Kier alpha value is -3.80. The molecular weight excluding hydrogens is 300 g/mol. The third-order valence-corrected chi connectivity index (χ3v) is 2.33. The first-order valence-electron chi connectivity index (χ1n) is 5.51. The van der Waals surface area contributed by atoms with Crippen molar-refractivity contribution in [1.82, 2.24) is 30.9 Å². The van der Waals surface area contributed by atoms with Gasteiger partial charge in [0.15, 0.2) is 22.8 Å². The first-order chi connectivity index (χ1) is 10.7. The Balaban J connectivity index is 2.10. The van der Waals surface area contributed by atoms with Gasteiger partial charge in [-0.3, -0.25) is 4.79 Å². The lowest BCUT2D eigenvalue weighted by Gasteiger charge is -1.96. The summed E-state index contributed by atoms with van der Waals surface area (Å²) < 4.78 is 13.7. The number of hydrogen-bond donors (Lipinski definition) is 1. The van der Waals surface area contributed by atoms with Crippen LogP contribution in [0, 0.1) is 0 Å². The van der Waals surface area contributed by atoms with Gasteiger partial charge in [0.25, 0.3) is 0 Å². The summed E-state index contributed by atoms with van der Waals surface area (Å²) in [7, 11) is 0. The molecule has 0 aromatic carbocycles. The van der Waals surface area contributed by atoms with Crippen LogP contribution in [0.3, 0.4) is 0 Å². The van der Waals surface area contributed by atoms with Crippen molar-refractivity contribution in [3.8, 4) is 22.8 Å². The molecule has 0 saturated heterocycles. The van der Waals surface area contributed by atoms with Crippen molar-refractivity contribution in [2.24, 2.45) is 5.11 Å². The summed E-state index contributed by atoms with van der Waals surface area (Å²) in [6, 6.07) is 0. The van der Waals surface area contributed by atoms with Crippen LogP contribution in [0.5, 0.6) is 0 Å². The zero-order valence-electron chi connectivity index (χ0n) is 10.7. The fourth-order valence-electron chi connectivity index (χ4n) is 1.53. The summed E-state index contributed by atoms with van der Waals surface area (Å²) in [5, 5.41) is 27.1. The minimum atomic E-state index is -0.396. The lowest BCUT2D eigenvalue weighted by atomic mass is 10.2. The highest BCUT2D eigenvalue weighted by atomic mass is 16.6. The number of anilines is 1. The summed E-state index contributed by atoms with van der Waals surface area (Å²) in [4.78, 5) is 13.7. The number of aromatic nitrogens is 6. The molecule has 3 heterocycles. The van der Waals surface area contributed by atoms with Gasteiger partial charge in [-0.1, -0.05) is 0 Å². The van der Waals surface area contributed by atoms with Crippen LogP contribution in [0.15, 0.2) is 19.0 Å². The summed E-state index contributed by atoms with van der Waals surface area (Å²) in [5.41, 5.74) is 8.54. The van der Waals surface area contributed by atoms with Crippen LogP contribution in [0.4, 0.5) is 11.6 Å². The molecule has 0 unspecified atom stereocenters. The molecule has 0 saturated carbocycles. The van der Waals surface area contributed by atoms with Gasteiger partial charge in [0.2, 0.25) is 17.5 Å². The maximum absolute atomic E-state index is 11.1. The molecule has 3 aromatic heterocycles. The van der Waals surface area contributed by atoms with Gasteiger partial charge < -0.3 is 5.32 Å². The molecule has 0 aliphatic heterocycles. The van der Waals surface area contributed by atoms with Crippen LogP contribution in [-0.4, -0.2) is 36.8 Å². The predicted octanol–water partition coefficient (Wildman–Crippen LogP) is 1.07. The molecule has 3 aromatic rings. The number of carbonyl (C=O) groups is 1. The van der Waals surface area contributed by atoms with Crippen molar-refractivity contribution in [2.45, 2.75) is 6.92 Å². The maximum Gasteiger partial charge on any atom is 0.222 e. The molecule has 0 aliphatic rings. The summed E-state index contributed by atoms with van der Waals surface area (Å²) >= 11 is 0. The highest BCUT2D eigenvalue weighted by Gasteiger charge is 2.26. The lowest BCUT2D eigenvalue weighted by molar-refractivity contribution is -0.114. The lowest BCUT2D eigenvalue weighted by Crippen LogP contribution is -2.07. The monoisotopic (exact) mass is 304 g/mol. The second-order valence-corrected chi connectivity index (χ2v) is 3.73. The number of rotatable bonds is 4. The molecule has 3 rings (SSSR count). The Morgan fingerprint density at radius 1 is 1.00 bits per heavy atom. The van der Waals surface area contributed by atoms with Crippen LogP contribution in [0.25, 0.3) is 33.2 Å². The van der Waals surface area contributed by atoms with E-state index in [1.54, 1.807) is 0 Å². The Bertz CT molecular complexity index is 871. The van der Waals surface area contributed by atoms with E-state index < -0.39 is 5.91 Å². The van der Waals surface area contributed by atoms with E-state index in [1.165, 1.54) is 6.92 Å². The maximum atomic E-state index is 11.1. The van der Waals surface area contributed by atoms with E-state index in [2.05, 4.69) is 60.2 Å². The molecule has 0 aliphatic carbocycles. The second-order valence-electron chi connectivity index (χ2n) is 3.73. The molecule has 22 heavy (non-hydrogen) atoms. The number of carbonyl (C=O) groups excluding carboxylic acids is 1. The van der Waals surface area contributed by atoms with E-state index >= 15 is 0 Å². The molecule has 0 spiro atoms. The van der Waals surface area contributed by atoms with Crippen LogP contribution < -0.4 is 5.32 Å². The fraction of sp³-hybridized carbons (Fsp3) is 0.125. The van der Waals surface area contributed by atoms with Crippen molar-refractivity contribution in [1.29, 1.82) is 0 Å². The fourth-order valence-corrected chi connectivity index (χ4v) is 1.53. The van der Waals surface area contributed by atoms with Gasteiger partial charge >= 0.3 is 0 Å². The van der Waals surface area contributed by atoms with E-state index in [4.69, 9.17) is 5.53 Å². The first kappa shape index (κ1) is 13.2. The molecule has 0 bridgehead atoms. The Morgan fingerprint density at radius 3 is 2.32 bits per heavy atom. The van der Waals surface area contributed by atoms with Crippen molar-refractivity contribution < 1.29 is 18.7 Å². The quantitative estimate of drug-likeness (QED) is 0.413. The van der Waals surface area contributed by atoms with E-state index in [0.717, 1.165) is 0 Å². The van der Waals surface area contributed by atoms with Gasteiger partial charge in [-0.2, -0.15) is 0 Å². The highest BCUT2D eigenvalue weighted by Crippen LogP contribution is 2.34. The van der Waals surface area contributed by atoms with Crippen LogP contribution in [0.1, 0.15) is 6.92 Å². The van der Waals surface area contributed by atoms with Gasteiger partial charge in [-0.05, 0) is 41.6 Å². The molecule has 1 amide bonds. The van der Waals surface area contributed by atoms with Crippen LogP contribution >= 0.6 is 0 Å². The second kappa shape index (κ2) is 5.29. The number of amides is 1. The number of hydrogen-bond acceptors (Lipinski definition) is 11. The van der Waals surface area contributed by atoms with Crippen LogP contribution in [0.2, 0.25) is 0 Å². The predicted molar refractivity (Wildman–Crippen MR) is 64.0 cm³/mol. The van der Waals surface area contributed by atoms with Crippen molar-refractivity contribution >= 4 is 17.5 Å². The third kappa shape index (κ3) is 2.20. The minimum absolute atomic E-state index is 0.00578. The standard InChI is InChI=1S/C8H4N10O4/c1-2(19)10-7-5(14-21-16-7)3-4(13-20-12-3)6-8(11-18-9)17-22-15-6/h1H3,(H,10,16,19). The SMILES string of the molecule is CC(=O)Nc1nonc1-c1nonc1-c1nonc1N=[N+]=[N-]. The van der Waals surface area contributed by atoms with E-state index in [-0.39, 0.29) is 34.4 Å². The van der Waals surface area contributed by atoms with Crippen molar-refractivity contribution in [3.05, 3.63) is 10.4 Å². The van der Waals surface area contributed by atoms with Gasteiger partial charge in [-0.25, -0.2) is 13.9 Å². The van der Waals surface area contributed by atoms with E-state index in [0.29, 0.717) is 0 Å². The zero-order valence-corrected chi connectivity index (χ0v) is 10.7. The molecule has 110 valence electrons. The number of nitrogens with zero attached hydrogens (tertiary/aromatic N) is 9. The summed E-state index contributed by atoms with van der Waals surface area (Å²) in [6.45, 7) is 1.28. The normalized spacial score (nSPS) is 10.2. The van der Waals surface area contributed by atoms with Gasteiger partial charge in [0.1, 0.15) is 0 Å². The zero-order chi connectivity index (χ0) is 15.5. The largest absolute Gasteiger partial charge is 0.306 e. The Kier molecular flexibility index (Phi) is 3.18. The van der Waals surface area contributed by atoms with Gasteiger partial charge in [-0.15, -0.1) is 0 Å². The molecule has 0 radical (unpaired) electrons. The molecule has 1 N–H and O–H groups in total. The molecular formula is C8H4N10O4. The highest BCUT2D eigenvalue weighted by molar-refractivity contribution is 5.92. The molecule has 0 atom stereocenters. The average Bonchev–Trinajstić information content (AvgIpc) is 3.16. The van der Waals surface area contributed by atoms with Gasteiger partial charge in [0, 0.05) is 11.8 Å². The molecule has 14 heteroatoms. The third-order valence-electron chi connectivity index (χ3n) is 2.33. The average molecular weight is 304 g/mol. The van der Waals surface area contributed by atoms with Crippen molar-refractivity contribution in [2.75, 3.05) is 5.32 Å². The summed E-state index contributed by atoms with van der Waals surface area (Å²) in [5.74, 6) is -0.559. The van der Waals surface area contributed by atoms with E-state index in [1.807, 2.05) is 0 Å². The van der Waals surface area contributed by atoms with E-state index in [9.17, 15) is 4.79 Å².